The molecule has 0 aromatic heterocycles. The number of benzene rings is 1. The van der Waals surface area contributed by atoms with Crippen LogP contribution in [0.5, 0.6) is 0 Å². The van der Waals surface area contributed by atoms with Crippen LogP contribution in [0.1, 0.15) is 44.9 Å². The van der Waals surface area contributed by atoms with Crippen molar-refractivity contribution < 1.29 is 4.79 Å². The van der Waals surface area contributed by atoms with Gasteiger partial charge in [-0.15, -0.1) is 11.8 Å². The molecule has 1 amide bonds. The molecule has 0 spiro atoms. The van der Waals surface area contributed by atoms with Crippen LogP contribution >= 0.6 is 11.8 Å². The zero-order valence-electron chi connectivity index (χ0n) is 13.2. The van der Waals surface area contributed by atoms with E-state index in [9.17, 15) is 4.79 Å². The summed E-state index contributed by atoms with van der Waals surface area (Å²) < 4.78 is 0.0955. The van der Waals surface area contributed by atoms with Crippen molar-refractivity contribution in [2.45, 2.75) is 38.5 Å². The molecule has 0 heterocycles. The van der Waals surface area contributed by atoms with Crippen LogP contribution in [-0.4, -0.2) is 23.0 Å². The first kappa shape index (κ1) is 17.6. The van der Waals surface area contributed by atoms with Gasteiger partial charge in [-0.05, 0) is 24.6 Å². The van der Waals surface area contributed by atoms with Crippen LogP contribution in [-0.2, 0) is 4.79 Å². The Kier molecular flexibility index (Phi) is 6.80. The second-order valence-electron chi connectivity index (χ2n) is 5.82. The van der Waals surface area contributed by atoms with Crippen LogP contribution in [0.2, 0.25) is 0 Å². The summed E-state index contributed by atoms with van der Waals surface area (Å²) in [4.78, 5) is 12.0. The molecular formula is C17H24N2OS. The van der Waals surface area contributed by atoms with E-state index in [1.165, 1.54) is 0 Å². The monoisotopic (exact) mass is 304 g/mol. The van der Waals surface area contributed by atoms with E-state index < -0.39 is 0 Å². The standard InChI is InChI=1S/C17H24N2OS/c1-13(19-16(20)12-21-17(2,3)4)15-9-5-7-14(11-15)8-6-10-18/h5,7,9,11,13H,10,12,18H2,1-4H3,(H,19,20). The molecule has 0 aliphatic heterocycles. The Morgan fingerprint density at radius 1 is 1.43 bits per heavy atom. The van der Waals surface area contributed by atoms with Crippen LogP contribution < -0.4 is 11.1 Å². The molecule has 114 valence electrons. The molecule has 3 N–H and O–H groups in total. The van der Waals surface area contributed by atoms with Crippen molar-refractivity contribution in [1.82, 2.24) is 5.32 Å². The fourth-order valence-corrected chi connectivity index (χ4v) is 2.33. The number of carbonyl (C=O) groups excluding carboxylic acids is 1. The first-order chi connectivity index (χ1) is 9.81. The highest BCUT2D eigenvalue weighted by Gasteiger charge is 2.15. The Hall–Kier alpha value is -1.44. The van der Waals surface area contributed by atoms with Gasteiger partial charge in [-0.1, -0.05) is 44.7 Å². The number of amides is 1. The number of hydrogen-bond acceptors (Lipinski definition) is 3. The zero-order valence-corrected chi connectivity index (χ0v) is 14.0. The van der Waals surface area contributed by atoms with E-state index in [1.807, 2.05) is 31.2 Å². The van der Waals surface area contributed by atoms with Gasteiger partial charge in [0.1, 0.15) is 0 Å². The highest BCUT2D eigenvalue weighted by molar-refractivity contribution is 8.01. The average molecular weight is 304 g/mol. The molecular weight excluding hydrogens is 280 g/mol. The molecule has 1 unspecified atom stereocenters. The third kappa shape index (κ3) is 7.22. The van der Waals surface area contributed by atoms with Crippen molar-refractivity contribution in [2.75, 3.05) is 12.3 Å². The summed E-state index contributed by atoms with van der Waals surface area (Å²) >= 11 is 1.64. The first-order valence-corrected chi connectivity index (χ1v) is 8.02. The van der Waals surface area contributed by atoms with Gasteiger partial charge in [0, 0.05) is 10.3 Å². The van der Waals surface area contributed by atoms with Crippen LogP contribution in [0.15, 0.2) is 24.3 Å². The van der Waals surface area contributed by atoms with Gasteiger partial charge in [0.2, 0.25) is 5.91 Å². The largest absolute Gasteiger partial charge is 0.349 e. The summed E-state index contributed by atoms with van der Waals surface area (Å²) in [5, 5.41) is 3.02. The summed E-state index contributed by atoms with van der Waals surface area (Å²) in [6, 6.07) is 7.84. The van der Waals surface area contributed by atoms with Gasteiger partial charge in [-0.25, -0.2) is 0 Å². The van der Waals surface area contributed by atoms with E-state index in [1.54, 1.807) is 11.8 Å². The summed E-state index contributed by atoms with van der Waals surface area (Å²) in [7, 11) is 0. The van der Waals surface area contributed by atoms with E-state index in [-0.39, 0.29) is 16.7 Å². The van der Waals surface area contributed by atoms with Gasteiger partial charge in [-0.2, -0.15) is 0 Å². The van der Waals surface area contributed by atoms with E-state index in [0.29, 0.717) is 12.3 Å². The molecule has 21 heavy (non-hydrogen) atoms. The molecule has 1 atom stereocenters. The average Bonchev–Trinajstić information content (AvgIpc) is 2.42. The SMILES string of the molecule is CC(NC(=O)CSC(C)(C)C)c1cccc(C#CCN)c1. The second kappa shape index (κ2) is 8.11. The van der Waals surface area contributed by atoms with Crippen molar-refractivity contribution in [3.63, 3.8) is 0 Å². The smallest absolute Gasteiger partial charge is 0.230 e. The Labute approximate surface area is 132 Å². The van der Waals surface area contributed by atoms with Gasteiger partial charge >= 0.3 is 0 Å². The van der Waals surface area contributed by atoms with Gasteiger partial charge in [0.15, 0.2) is 0 Å². The molecule has 0 saturated carbocycles. The normalized spacial score (nSPS) is 12.2. The minimum absolute atomic E-state index is 0.0299. The lowest BCUT2D eigenvalue weighted by molar-refractivity contribution is -0.119. The van der Waals surface area contributed by atoms with E-state index in [2.05, 4.69) is 37.9 Å². The Morgan fingerprint density at radius 3 is 2.76 bits per heavy atom. The fraction of sp³-hybridized carbons (Fsp3) is 0.471. The number of thioether (sulfide) groups is 1. The maximum absolute atomic E-state index is 12.0. The van der Waals surface area contributed by atoms with Gasteiger partial charge in [-0.3, -0.25) is 4.79 Å². The summed E-state index contributed by atoms with van der Waals surface area (Å²) in [6.07, 6.45) is 0. The molecule has 1 aromatic rings. The molecule has 0 radical (unpaired) electrons. The predicted octanol–water partition coefficient (Wildman–Crippen LogP) is 2.71. The minimum atomic E-state index is -0.0299. The zero-order chi connectivity index (χ0) is 15.9. The van der Waals surface area contributed by atoms with Crippen molar-refractivity contribution in [1.29, 1.82) is 0 Å². The highest BCUT2D eigenvalue weighted by Crippen LogP contribution is 2.23. The van der Waals surface area contributed by atoms with E-state index >= 15 is 0 Å². The molecule has 0 bridgehead atoms. The van der Waals surface area contributed by atoms with Crippen molar-refractivity contribution >= 4 is 17.7 Å². The summed E-state index contributed by atoms with van der Waals surface area (Å²) in [5.74, 6) is 6.37. The van der Waals surface area contributed by atoms with Gasteiger partial charge in [0.25, 0.3) is 0 Å². The predicted molar refractivity (Wildman–Crippen MR) is 91.1 cm³/mol. The molecule has 0 saturated heterocycles. The van der Waals surface area contributed by atoms with Crippen LogP contribution in [0.4, 0.5) is 0 Å². The number of carbonyl (C=O) groups is 1. The number of nitrogens with one attached hydrogen (secondary N) is 1. The van der Waals surface area contributed by atoms with Crippen molar-refractivity contribution in [2.24, 2.45) is 5.73 Å². The Balaban J connectivity index is 2.63. The maximum Gasteiger partial charge on any atom is 0.230 e. The van der Waals surface area contributed by atoms with Crippen molar-refractivity contribution in [3.8, 4) is 11.8 Å². The lowest BCUT2D eigenvalue weighted by Gasteiger charge is -2.19. The van der Waals surface area contributed by atoms with Crippen LogP contribution in [0.25, 0.3) is 0 Å². The molecule has 4 heteroatoms. The van der Waals surface area contributed by atoms with Gasteiger partial charge < -0.3 is 11.1 Å². The Bertz CT molecular complexity index is 538. The van der Waals surface area contributed by atoms with Crippen LogP contribution in [0.3, 0.4) is 0 Å². The van der Waals surface area contributed by atoms with Crippen molar-refractivity contribution in [3.05, 3.63) is 35.4 Å². The molecule has 0 fully saturated rings. The second-order valence-corrected chi connectivity index (χ2v) is 7.62. The Morgan fingerprint density at radius 2 is 2.14 bits per heavy atom. The van der Waals surface area contributed by atoms with E-state index in [4.69, 9.17) is 5.73 Å². The van der Waals surface area contributed by atoms with Gasteiger partial charge in [0.05, 0.1) is 18.3 Å². The minimum Gasteiger partial charge on any atom is -0.349 e. The van der Waals surface area contributed by atoms with E-state index in [0.717, 1.165) is 11.1 Å². The molecule has 1 rings (SSSR count). The number of nitrogens with two attached hydrogens (primary N) is 1. The summed E-state index contributed by atoms with van der Waals surface area (Å²) in [6.45, 7) is 8.64. The first-order valence-electron chi connectivity index (χ1n) is 7.04. The molecule has 1 aromatic carbocycles. The molecule has 0 aliphatic rings. The maximum atomic E-state index is 12.0. The van der Waals surface area contributed by atoms with Crippen LogP contribution in [0, 0.1) is 11.8 Å². The molecule has 0 aliphatic carbocycles. The highest BCUT2D eigenvalue weighted by atomic mass is 32.2. The third-order valence-electron chi connectivity index (χ3n) is 2.74. The lowest BCUT2D eigenvalue weighted by atomic mass is 10.1. The quantitative estimate of drug-likeness (QED) is 0.841. The lowest BCUT2D eigenvalue weighted by Crippen LogP contribution is -2.29. The topological polar surface area (TPSA) is 55.1 Å². The third-order valence-corrected chi connectivity index (χ3v) is 4.01. The number of hydrogen-bond donors (Lipinski definition) is 2. The number of rotatable bonds is 4. The summed E-state index contributed by atoms with van der Waals surface area (Å²) in [5.41, 5.74) is 7.34. The molecule has 3 nitrogen and oxygen atoms in total. The fourth-order valence-electron chi connectivity index (χ4n) is 1.69.